The Bertz CT molecular complexity index is 853. The van der Waals surface area contributed by atoms with Gasteiger partial charge in [0.15, 0.2) is 5.60 Å². The van der Waals surface area contributed by atoms with Gasteiger partial charge in [-0.3, -0.25) is 4.79 Å². The molecule has 2 aromatic rings. The number of aromatic nitrogens is 1. The zero-order valence-electron chi connectivity index (χ0n) is 13.2. The van der Waals surface area contributed by atoms with Crippen LogP contribution in [0.25, 0.3) is 11.1 Å². The average molecular weight is 309 g/mol. The van der Waals surface area contributed by atoms with Crippen molar-refractivity contribution >= 4 is 0 Å². The fourth-order valence-electron chi connectivity index (χ4n) is 4.00. The molecule has 2 N–H and O–H groups in total. The molecular formula is C19H19NO3. The molecule has 2 aliphatic rings. The molecule has 1 aromatic carbocycles. The number of ether oxygens (including phenoxy) is 1. The molecule has 0 amide bonds. The number of aliphatic hydroxyl groups is 1. The molecule has 4 heteroatoms. The van der Waals surface area contributed by atoms with E-state index >= 15 is 0 Å². The minimum atomic E-state index is -0.816. The van der Waals surface area contributed by atoms with Gasteiger partial charge in [-0.05, 0) is 24.5 Å². The van der Waals surface area contributed by atoms with Crippen LogP contribution in [-0.2, 0) is 0 Å². The third-order valence-corrected chi connectivity index (χ3v) is 5.23. The first-order chi connectivity index (χ1) is 11.1. The second kappa shape index (κ2) is 4.83. The lowest BCUT2D eigenvalue weighted by Crippen LogP contribution is -2.39. The molecule has 1 aliphatic carbocycles. The van der Waals surface area contributed by atoms with Gasteiger partial charge >= 0.3 is 0 Å². The maximum absolute atomic E-state index is 12.5. The van der Waals surface area contributed by atoms with Crippen molar-refractivity contribution in [1.29, 1.82) is 0 Å². The van der Waals surface area contributed by atoms with Crippen LogP contribution in [0, 0.1) is 5.92 Å². The van der Waals surface area contributed by atoms with Crippen molar-refractivity contribution in [3.63, 3.8) is 0 Å². The summed E-state index contributed by atoms with van der Waals surface area (Å²) in [7, 11) is 0. The van der Waals surface area contributed by atoms with E-state index in [1.165, 1.54) is 0 Å². The van der Waals surface area contributed by atoms with E-state index in [-0.39, 0.29) is 24.0 Å². The summed E-state index contributed by atoms with van der Waals surface area (Å²) in [6.07, 6.45) is 3.68. The van der Waals surface area contributed by atoms with Crippen LogP contribution in [-0.4, -0.2) is 22.3 Å². The summed E-state index contributed by atoms with van der Waals surface area (Å²) >= 11 is 0. The summed E-state index contributed by atoms with van der Waals surface area (Å²) in [5.41, 5.74) is 2.71. The van der Waals surface area contributed by atoms with Crippen LogP contribution in [0.3, 0.4) is 0 Å². The van der Waals surface area contributed by atoms with E-state index in [9.17, 15) is 9.90 Å². The number of fused-ring (bicyclic) bond motifs is 3. The first kappa shape index (κ1) is 14.3. The van der Waals surface area contributed by atoms with Gasteiger partial charge in [0, 0.05) is 17.7 Å². The molecule has 0 radical (unpaired) electrons. The molecule has 0 saturated carbocycles. The molecule has 4 rings (SSSR count). The molecule has 0 fully saturated rings. The van der Waals surface area contributed by atoms with Crippen LogP contribution < -0.4 is 10.3 Å². The Hall–Kier alpha value is -2.33. The zero-order chi connectivity index (χ0) is 16.2. The van der Waals surface area contributed by atoms with Gasteiger partial charge in [0.2, 0.25) is 0 Å². The quantitative estimate of drug-likeness (QED) is 0.839. The maximum Gasteiger partial charge on any atom is 0.255 e. The predicted octanol–water partition coefficient (Wildman–Crippen LogP) is 2.85. The summed E-state index contributed by atoms with van der Waals surface area (Å²) in [6, 6.07) is 9.84. The van der Waals surface area contributed by atoms with Gasteiger partial charge < -0.3 is 14.8 Å². The topological polar surface area (TPSA) is 62.3 Å². The Labute approximate surface area is 134 Å². The number of hydrogen-bond donors (Lipinski definition) is 2. The molecule has 23 heavy (non-hydrogen) atoms. The summed E-state index contributed by atoms with van der Waals surface area (Å²) < 4.78 is 6.23. The van der Waals surface area contributed by atoms with Crippen molar-refractivity contribution in [2.24, 2.45) is 5.92 Å². The molecule has 3 atom stereocenters. The number of aliphatic hydroxyl groups excluding tert-OH is 1. The molecule has 0 unspecified atom stereocenters. The Kier molecular flexibility index (Phi) is 3.00. The normalized spacial score (nSPS) is 28.0. The second-order valence-electron chi connectivity index (χ2n) is 6.51. The van der Waals surface area contributed by atoms with E-state index < -0.39 is 5.60 Å². The lowest BCUT2D eigenvalue weighted by molar-refractivity contribution is 0.0500. The SMILES string of the molecule is CC1=C[C@@]2(CO)Oc3c(-c4ccccc4)c[nH]c(=O)c3[C@H]2[C@@H]1C. The number of rotatable bonds is 2. The Morgan fingerprint density at radius 2 is 2.04 bits per heavy atom. The second-order valence-corrected chi connectivity index (χ2v) is 6.51. The molecule has 1 aliphatic heterocycles. The van der Waals surface area contributed by atoms with Crippen LogP contribution in [0.4, 0.5) is 0 Å². The molecule has 2 heterocycles. The summed E-state index contributed by atoms with van der Waals surface area (Å²) in [4.78, 5) is 15.4. The third-order valence-electron chi connectivity index (χ3n) is 5.23. The highest BCUT2D eigenvalue weighted by atomic mass is 16.5. The van der Waals surface area contributed by atoms with Crippen LogP contribution in [0.1, 0.15) is 25.3 Å². The molecule has 0 saturated heterocycles. The number of hydrogen-bond acceptors (Lipinski definition) is 3. The fraction of sp³-hybridized carbons (Fsp3) is 0.316. The van der Waals surface area contributed by atoms with E-state index in [2.05, 4.69) is 11.9 Å². The average Bonchev–Trinajstić information content (AvgIpc) is 3.02. The lowest BCUT2D eigenvalue weighted by Gasteiger charge is -2.26. The van der Waals surface area contributed by atoms with E-state index in [1.807, 2.05) is 43.3 Å². The fourth-order valence-corrected chi connectivity index (χ4v) is 4.00. The third kappa shape index (κ3) is 1.85. The summed E-state index contributed by atoms with van der Waals surface area (Å²) in [6.45, 7) is 3.97. The van der Waals surface area contributed by atoms with Crippen molar-refractivity contribution in [2.45, 2.75) is 25.4 Å². The minimum Gasteiger partial charge on any atom is -0.479 e. The van der Waals surface area contributed by atoms with Gasteiger partial charge in [-0.25, -0.2) is 0 Å². The van der Waals surface area contributed by atoms with E-state index in [1.54, 1.807) is 6.20 Å². The van der Waals surface area contributed by atoms with Gasteiger partial charge in [0.05, 0.1) is 12.2 Å². The molecule has 118 valence electrons. The number of aromatic amines is 1. The zero-order valence-corrected chi connectivity index (χ0v) is 13.2. The first-order valence-electron chi connectivity index (χ1n) is 7.87. The van der Waals surface area contributed by atoms with Gasteiger partial charge in [-0.2, -0.15) is 0 Å². The highest BCUT2D eigenvalue weighted by Crippen LogP contribution is 2.56. The highest BCUT2D eigenvalue weighted by Gasteiger charge is 2.55. The van der Waals surface area contributed by atoms with Gasteiger partial charge in [-0.1, -0.05) is 42.8 Å². The van der Waals surface area contributed by atoms with Crippen molar-refractivity contribution in [3.8, 4) is 16.9 Å². The molecule has 4 nitrogen and oxygen atoms in total. The van der Waals surface area contributed by atoms with Crippen LogP contribution >= 0.6 is 0 Å². The van der Waals surface area contributed by atoms with Crippen LogP contribution in [0.15, 0.2) is 53.0 Å². The Morgan fingerprint density at radius 1 is 1.30 bits per heavy atom. The van der Waals surface area contributed by atoms with E-state index in [0.717, 1.165) is 16.7 Å². The number of H-pyrrole nitrogens is 1. The molecular weight excluding hydrogens is 290 g/mol. The van der Waals surface area contributed by atoms with Crippen molar-refractivity contribution in [3.05, 3.63) is 64.1 Å². The predicted molar refractivity (Wildman–Crippen MR) is 88.6 cm³/mol. The Balaban J connectivity index is 1.96. The Morgan fingerprint density at radius 3 is 2.74 bits per heavy atom. The first-order valence-corrected chi connectivity index (χ1v) is 7.87. The van der Waals surface area contributed by atoms with Crippen molar-refractivity contribution in [2.75, 3.05) is 6.61 Å². The van der Waals surface area contributed by atoms with E-state index in [4.69, 9.17) is 4.74 Å². The number of nitrogens with one attached hydrogen (secondary N) is 1. The van der Waals surface area contributed by atoms with E-state index in [0.29, 0.717) is 11.3 Å². The standard InChI is InChI=1S/C19H19NO3/c1-11-8-19(10-21)16(12(11)2)15-17(23-19)14(9-20-18(15)22)13-6-4-3-5-7-13/h3-9,12,16,21H,10H2,1-2H3,(H,20,22)/t12-,16-,19+/m1/s1. The smallest absolute Gasteiger partial charge is 0.255 e. The lowest BCUT2D eigenvalue weighted by atomic mass is 9.81. The van der Waals surface area contributed by atoms with Gasteiger partial charge in [0.1, 0.15) is 5.75 Å². The van der Waals surface area contributed by atoms with Crippen LogP contribution in [0.2, 0.25) is 0 Å². The van der Waals surface area contributed by atoms with Crippen molar-refractivity contribution in [1.82, 2.24) is 4.98 Å². The van der Waals surface area contributed by atoms with Crippen molar-refractivity contribution < 1.29 is 9.84 Å². The number of benzene rings is 1. The number of allylic oxidation sites excluding steroid dienone is 1. The summed E-state index contributed by atoms with van der Waals surface area (Å²) in [5, 5.41) is 10.0. The molecule has 0 spiro atoms. The minimum absolute atomic E-state index is 0.130. The largest absolute Gasteiger partial charge is 0.479 e. The molecule has 0 bridgehead atoms. The van der Waals surface area contributed by atoms with Gasteiger partial charge in [-0.15, -0.1) is 0 Å². The van der Waals surface area contributed by atoms with Crippen LogP contribution in [0.5, 0.6) is 5.75 Å². The van der Waals surface area contributed by atoms with Gasteiger partial charge in [0.25, 0.3) is 5.56 Å². The monoisotopic (exact) mass is 309 g/mol. The highest BCUT2D eigenvalue weighted by molar-refractivity contribution is 5.73. The molecule has 1 aromatic heterocycles. The summed E-state index contributed by atoms with van der Waals surface area (Å²) in [5.74, 6) is 0.625. The number of pyridine rings is 1. The maximum atomic E-state index is 12.5.